The second kappa shape index (κ2) is 9.76. The number of ether oxygens (including phenoxy) is 2. The first-order chi connectivity index (χ1) is 17.4. The topological polar surface area (TPSA) is 93.2 Å². The van der Waals surface area contributed by atoms with E-state index in [9.17, 15) is 19.2 Å². The van der Waals surface area contributed by atoms with E-state index >= 15 is 0 Å². The number of benzene rings is 2. The molecular weight excluding hydrogens is 460 g/mol. The molecule has 8 nitrogen and oxygen atoms in total. The number of imide groups is 1. The Bertz CT molecular complexity index is 1180. The summed E-state index contributed by atoms with van der Waals surface area (Å²) in [5, 5.41) is 0. The fourth-order valence-electron chi connectivity index (χ4n) is 5.51. The van der Waals surface area contributed by atoms with Crippen LogP contribution in [0.2, 0.25) is 0 Å². The number of anilines is 2. The van der Waals surface area contributed by atoms with Crippen LogP contribution in [0.5, 0.6) is 11.5 Å². The molecule has 1 aliphatic carbocycles. The van der Waals surface area contributed by atoms with Crippen LogP contribution >= 0.6 is 0 Å². The van der Waals surface area contributed by atoms with E-state index in [1.54, 1.807) is 53.4 Å². The third-order valence-corrected chi connectivity index (χ3v) is 7.42. The van der Waals surface area contributed by atoms with E-state index in [2.05, 4.69) is 6.92 Å². The van der Waals surface area contributed by atoms with Crippen LogP contribution in [0.4, 0.5) is 11.4 Å². The van der Waals surface area contributed by atoms with Gasteiger partial charge in [0.25, 0.3) is 0 Å². The van der Waals surface area contributed by atoms with Crippen molar-refractivity contribution in [2.24, 2.45) is 23.7 Å². The number of hydrogen-bond acceptors (Lipinski definition) is 6. The molecule has 0 spiro atoms. The Labute approximate surface area is 210 Å². The normalized spacial score (nSPS) is 25.8. The van der Waals surface area contributed by atoms with Crippen molar-refractivity contribution in [1.82, 2.24) is 0 Å². The number of esters is 1. The second-order valence-electron chi connectivity index (χ2n) is 9.89. The summed E-state index contributed by atoms with van der Waals surface area (Å²) in [6, 6.07) is 13.6. The van der Waals surface area contributed by atoms with Gasteiger partial charge in [-0.3, -0.25) is 24.1 Å². The number of amides is 3. The highest BCUT2D eigenvalue weighted by Crippen LogP contribution is 2.42. The van der Waals surface area contributed by atoms with E-state index in [0.29, 0.717) is 29.6 Å². The van der Waals surface area contributed by atoms with Gasteiger partial charge in [-0.05, 0) is 80.6 Å². The Kier molecular flexibility index (Phi) is 6.51. The highest BCUT2D eigenvalue weighted by atomic mass is 16.5. The molecule has 3 aliphatic rings. The number of fused-ring (bicyclic) bond motifs is 1. The van der Waals surface area contributed by atoms with Gasteiger partial charge in [-0.15, -0.1) is 0 Å². The number of hydrogen-bond donors (Lipinski definition) is 0. The van der Waals surface area contributed by atoms with Crippen molar-refractivity contribution in [1.29, 1.82) is 0 Å². The van der Waals surface area contributed by atoms with Crippen molar-refractivity contribution < 1.29 is 28.7 Å². The maximum absolute atomic E-state index is 12.9. The molecule has 3 amide bonds. The lowest BCUT2D eigenvalue weighted by atomic mass is 9.76. The van der Waals surface area contributed by atoms with Gasteiger partial charge in [0.05, 0.1) is 30.0 Å². The first-order valence-corrected chi connectivity index (χ1v) is 12.6. The van der Waals surface area contributed by atoms with Crippen LogP contribution in [0.3, 0.4) is 0 Å². The largest absolute Gasteiger partial charge is 0.494 e. The number of carbonyl (C=O) groups is 4. The van der Waals surface area contributed by atoms with E-state index in [1.807, 2.05) is 6.92 Å². The highest BCUT2D eigenvalue weighted by Gasteiger charge is 2.50. The van der Waals surface area contributed by atoms with Crippen LogP contribution in [-0.4, -0.2) is 36.8 Å². The molecule has 1 saturated carbocycles. The zero-order valence-corrected chi connectivity index (χ0v) is 20.5. The standard InChI is InChI=1S/C28H30N2O6/c1-3-35-21-9-5-19(6-10-21)29-16-18(15-25(29)31)28(34)36-22-11-7-20(8-12-22)30-26(32)23-13-4-17(2)14-24(23)27(30)33/h5-12,17-18,23-24H,3-4,13-16H2,1-2H3/t17-,18-,23-,24-/m1/s1. The molecule has 0 bridgehead atoms. The first-order valence-electron chi connectivity index (χ1n) is 12.6. The van der Waals surface area contributed by atoms with Crippen LogP contribution in [0.1, 0.15) is 39.5 Å². The lowest BCUT2D eigenvalue weighted by Crippen LogP contribution is -2.30. The van der Waals surface area contributed by atoms with E-state index < -0.39 is 11.9 Å². The minimum absolute atomic E-state index is 0.0715. The summed E-state index contributed by atoms with van der Waals surface area (Å²) in [6.45, 7) is 4.82. The Balaban J connectivity index is 1.21. The van der Waals surface area contributed by atoms with Crippen LogP contribution in [0.15, 0.2) is 48.5 Å². The van der Waals surface area contributed by atoms with Crippen molar-refractivity contribution in [2.45, 2.75) is 39.5 Å². The lowest BCUT2D eigenvalue weighted by molar-refractivity contribution is -0.139. The Hall–Kier alpha value is -3.68. The average molecular weight is 491 g/mol. The smallest absolute Gasteiger partial charge is 0.316 e. The van der Waals surface area contributed by atoms with Crippen molar-refractivity contribution in [3.63, 3.8) is 0 Å². The van der Waals surface area contributed by atoms with Crippen LogP contribution < -0.4 is 19.3 Å². The van der Waals surface area contributed by atoms with Gasteiger partial charge in [0.1, 0.15) is 11.5 Å². The lowest BCUT2D eigenvalue weighted by Gasteiger charge is -2.25. The van der Waals surface area contributed by atoms with E-state index in [-0.39, 0.29) is 42.5 Å². The predicted octanol–water partition coefficient (Wildman–Crippen LogP) is 3.97. The zero-order chi connectivity index (χ0) is 25.4. The third-order valence-electron chi connectivity index (χ3n) is 7.42. The monoisotopic (exact) mass is 490 g/mol. The van der Waals surface area contributed by atoms with E-state index in [4.69, 9.17) is 9.47 Å². The summed E-state index contributed by atoms with van der Waals surface area (Å²) in [5.41, 5.74) is 1.20. The molecule has 2 aliphatic heterocycles. The van der Waals surface area contributed by atoms with Gasteiger partial charge in [0, 0.05) is 18.7 Å². The van der Waals surface area contributed by atoms with Crippen molar-refractivity contribution >= 4 is 35.1 Å². The van der Waals surface area contributed by atoms with Gasteiger partial charge in [-0.25, -0.2) is 0 Å². The van der Waals surface area contributed by atoms with Crippen LogP contribution in [-0.2, 0) is 19.2 Å². The quantitative estimate of drug-likeness (QED) is 0.346. The predicted molar refractivity (Wildman–Crippen MR) is 133 cm³/mol. The summed E-state index contributed by atoms with van der Waals surface area (Å²) in [6.07, 6.45) is 2.52. The molecule has 0 N–H and O–H groups in total. The summed E-state index contributed by atoms with van der Waals surface area (Å²) in [7, 11) is 0. The van der Waals surface area contributed by atoms with Gasteiger partial charge in [-0.1, -0.05) is 6.92 Å². The average Bonchev–Trinajstić information content (AvgIpc) is 3.37. The van der Waals surface area contributed by atoms with E-state index in [0.717, 1.165) is 25.0 Å². The molecule has 5 rings (SSSR count). The molecule has 188 valence electrons. The molecule has 0 unspecified atom stereocenters. The maximum atomic E-state index is 12.9. The summed E-state index contributed by atoms with van der Waals surface area (Å²) >= 11 is 0. The van der Waals surface area contributed by atoms with Gasteiger partial charge < -0.3 is 14.4 Å². The molecule has 2 heterocycles. The van der Waals surface area contributed by atoms with Crippen LogP contribution in [0.25, 0.3) is 0 Å². The van der Waals surface area contributed by atoms with Gasteiger partial charge in [-0.2, -0.15) is 0 Å². The fourth-order valence-corrected chi connectivity index (χ4v) is 5.51. The molecule has 8 heteroatoms. The number of carbonyl (C=O) groups excluding carboxylic acids is 4. The van der Waals surface area contributed by atoms with Gasteiger partial charge in [0.2, 0.25) is 17.7 Å². The molecule has 36 heavy (non-hydrogen) atoms. The first kappa shape index (κ1) is 24.0. The molecule has 0 radical (unpaired) electrons. The fraction of sp³-hybridized carbons (Fsp3) is 0.429. The Morgan fingerprint density at radius 3 is 2.22 bits per heavy atom. The van der Waals surface area contributed by atoms with E-state index in [1.165, 1.54) is 4.90 Å². The zero-order valence-electron chi connectivity index (χ0n) is 20.5. The van der Waals surface area contributed by atoms with Crippen molar-refractivity contribution in [3.05, 3.63) is 48.5 Å². The molecule has 2 saturated heterocycles. The Morgan fingerprint density at radius 2 is 1.53 bits per heavy atom. The molecule has 3 fully saturated rings. The minimum Gasteiger partial charge on any atom is -0.494 e. The van der Waals surface area contributed by atoms with Gasteiger partial charge in [0.15, 0.2) is 0 Å². The van der Waals surface area contributed by atoms with Gasteiger partial charge >= 0.3 is 5.97 Å². The second-order valence-corrected chi connectivity index (χ2v) is 9.89. The molecule has 2 aromatic carbocycles. The highest BCUT2D eigenvalue weighted by molar-refractivity contribution is 6.22. The van der Waals surface area contributed by atoms with Crippen molar-refractivity contribution in [3.8, 4) is 11.5 Å². The van der Waals surface area contributed by atoms with Crippen LogP contribution in [0, 0.1) is 23.7 Å². The molecule has 4 atom stereocenters. The molecular formula is C28H30N2O6. The SMILES string of the molecule is CCOc1ccc(N2C[C@H](C(=O)Oc3ccc(N4C(=O)[C@@H]5CC[C@@H](C)C[C@H]5C4=O)cc3)CC2=O)cc1. The maximum Gasteiger partial charge on any atom is 0.316 e. The Morgan fingerprint density at radius 1 is 0.889 bits per heavy atom. The minimum atomic E-state index is -0.587. The molecule has 0 aromatic heterocycles. The number of nitrogens with zero attached hydrogens (tertiary/aromatic N) is 2. The summed E-state index contributed by atoms with van der Waals surface area (Å²) in [4.78, 5) is 54.0. The number of rotatable bonds is 6. The molecule has 2 aromatic rings. The third kappa shape index (κ3) is 4.47. The van der Waals surface area contributed by atoms with Crippen molar-refractivity contribution in [2.75, 3.05) is 23.0 Å². The summed E-state index contributed by atoms with van der Waals surface area (Å²) in [5.74, 6) is -0.495. The summed E-state index contributed by atoms with van der Waals surface area (Å²) < 4.78 is 11.0.